The highest BCUT2D eigenvalue weighted by atomic mass is 16.5. The number of rotatable bonds is 3. The predicted molar refractivity (Wildman–Crippen MR) is 102 cm³/mol. The first kappa shape index (κ1) is 18.0. The van der Waals surface area contributed by atoms with Crippen molar-refractivity contribution in [1.29, 1.82) is 0 Å². The van der Waals surface area contributed by atoms with Crippen LogP contribution in [0.3, 0.4) is 0 Å². The van der Waals surface area contributed by atoms with Crippen LogP contribution in [0.25, 0.3) is 11.1 Å². The van der Waals surface area contributed by atoms with Crippen LogP contribution < -0.4 is 4.74 Å². The lowest BCUT2D eigenvalue weighted by Crippen LogP contribution is -2.37. The molecule has 0 bridgehead atoms. The smallest absolute Gasteiger partial charge is 0.247 e. The molecule has 1 amide bonds. The van der Waals surface area contributed by atoms with Crippen molar-refractivity contribution in [2.75, 3.05) is 13.2 Å². The van der Waals surface area contributed by atoms with Crippen molar-refractivity contribution in [2.24, 2.45) is 0 Å². The van der Waals surface area contributed by atoms with Crippen molar-refractivity contribution in [2.45, 2.75) is 26.4 Å². The Kier molecular flexibility index (Phi) is 4.68. The Labute approximate surface area is 162 Å². The van der Waals surface area contributed by atoms with Gasteiger partial charge in [0.25, 0.3) is 0 Å². The van der Waals surface area contributed by atoms with E-state index in [1.54, 1.807) is 17.9 Å². The summed E-state index contributed by atoms with van der Waals surface area (Å²) in [5, 5.41) is 21.5. The number of aromatic nitrogens is 4. The van der Waals surface area contributed by atoms with Gasteiger partial charge in [0, 0.05) is 12.1 Å². The fourth-order valence-corrected chi connectivity index (χ4v) is 3.46. The number of nitrogens with zero attached hydrogens (tertiary/aromatic N) is 5. The lowest BCUT2D eigenvalue weighted by molar-refractivity contribution is -0.135. The minimum Gasteiger partial charge on any atom is -0.504 e. The maximum atomic E-state index is 12.9. The Hall–Kier alpha value is -3.42. The molecule has 8 heteroatoms. The van der Waals surface area contributed by atoms with Crippen molar-refractivity contribution in [3.63, 3.8) is 0 Å². The third-order valence-electron chi connectivity index (χ3n) is 5.00. The number of carbonyl (C=O) groups is 1. The zero-order chi connectivity index (χ0) is 19.7. The van der Waals surface area contributed by atoms with E-state index in [0.717, 1.165) is 22.3 Å². The Balaban J connectivity index is 1.67. The molecule has 0 unspecified atom stereocenters. The fraction of sp³-hybridized carbons (Fsp3) is 0.300. The number of phenols is 1. The maximum Gasteiger partial charge on any atom is 0.247 e. The first-order valence-electron chi connectivity index (χ1n) is 9.10. The normalized spacial score (nSPS) is 14.7. The van der Waals surface area contributed by atoms with Crippen LogP contribution in [0.15, 0.2) is 42.7 Å². The topological polar surface area (TPSA) is 93.4 Å². The third-order valence-corrected chi connectivity index (χ3v) is 5.00. The highest BCUT2D eigenvalue weighted by molar-refractivity contribution is 5.80. The molecule has 1 aromatic heterocycles. The molecule has 0 saturated heterocycles. The summed E-state index contributed by atoms with van der Waals surface area (Å²) in [4.78, 5) is 14.7. The minimum atomic E-state index is -0.523. The summed E-state index contributed by atoms with van der Waals surface area (Å²) in [5.74, 6) is 0.408. The van der Waals surface area contributed by atoms with Gasteiger partial charge in [-0.25, -0.2) is 4.68 Å². The Morgan fingerprint density at radius 2 is 2.11 bits per heavy atom. The summed E-state index contributed by atoms with van der Waals surface area (Å²) in [6.45, 7) is 4.84. The molecule has 1 aliphatic heterocycles. The number of benzene rings is 2. The molecule has 0 radical (unpaired) electrons. The number of aryl methyl sites for hydroxylation is 1. The number of tetrazole rings is 1. The van der Waals surface area contributed by atoms with Gasteiger partial charge in [-0.3, -0.25) is 4.79 Å². The van der Waals surface area contributed by atoms with E-state index < -0.39 is 6.04 Å². The van der Waals surface area contributed by atoms with Crippen molar-refractivity contribution in [3.05, 3.63) is 53.9 Å². The lowest BCUT2D eigenvalue weighted by Gasteiger charge is -2.23. The second kappa shape index (κ2) is 7.30. The van der Waals surface area contributed by atoms with Crippen LogP contribution in [0.4, 0.5) is 0 Å². The molecule has 2 heterocycles. The highest BCUT2D eigenvalue weighted by Crippen LogP contribution is 2.38. The number of aromatic hydroxyl groups is 1. The van der Waals surface area contributed by atoms with Crippen molar-refractivity contribution < 1.29 is 14.6 Å². The van der Waals surface area contributed by atoms with Gasteiger partial charge in [0.1, 0.15) is 19.0 Å². The Morgan fingerprint density at radius 1 is 1.29 bits per heavy atom. The summed E-state index contributed by atoms with van der Waals surface area (Å²) in [7, 11) is 0. The van der Waals surface area contributed by atoms with E-state index in [9.17, 15) is 9.90 Å². The Morgan fingerprint density at radius 3 is 2.86 bits per heavy atom. The highest BCUT2D eigenvalue weighted by Gasteiger charge is 2.27. The van der Waals surface area contributed by atoms with Crippen LogP contribution in [-0.2, 0) is 11.3 Å². The molecule has 0 saturated carbocycles. The number of phenolic OH excluding ortho intramolecular Hbond substituents is 1. The van der Waals surface area contributed by atoms with Gasteiger partial charge in [0.15, 0.2) is 11.5 Å². The lowest BCUT2D eigenvalue weighted by atomic mass is 9.97. The van der Waals surface area contributed by atoms with Crippen LogP contribution in [0, 0.1) is 6.92 Å². The molecule has 1 N–H and O–H groups in total. The largest absolute Gasteiger partial charge is 0.504 e. The molecule has 0 spiro atoms. The van der Waals surface area contributed by atoms with Crippen molar-refractivity contribution in [3.8, 4) is 22.6 Å². The van der Waals surface area contributed by atoms with Gasteiger partial charge in [0.2, 0.25) is 5.91 Å². The molecule has 0 fully saturated rings. The molecule has 144 valence electrons. The molecule has 2 aromatic carbocycles. The van der Waals surface area contributed by atoms with Gasteiger partial charge in [-0.15, -0.1) is 5.10 Å². The maximum absolute atomic E-state index is 12.9. The van der Waals surface area contributed by atoms with Crippen LogP contribution in [0.2, 0.25) is 0 Å². The number of hydrogen-bond donors (Lipinski definition) is 1. The zero-order valence-corrected chi connectivity index (χ0v) is 15.7. The average molecular weight is 379 g/mol. The van der Waals surface area contributed by atoms with Gasteiger partial charge in [0.05, 0.1) is 6.54 Å². The summed E-state index contributed by atoms with van der Waals surface area (Å²) < 4.78 is 7.19. The number of hydrogen-bond acceptors (Lipinski definition) is 6. The van der Waals surface area contributed by atoms with E-state index >= 15 is 0 Å². The van der Waals surface area contributed by atoms with E-state index in [1.165, 1.54) is 11.0 Å². The van der Waals surface area contributed by atoms with Gasteiger partial charge >= 0.3 is 0 Å². The molecule has 3 aromatic rings. The quantitative estimate of drug-likeness (QED) is 0.751. The molecule has 1 aliphatic rings. The summed E-state index contributed by atoms with van der Waals surface area (Å²) in [6.07, 6.45) is 1.42. The molecule has 0 aliphatic carbocycles. The van der Waals surface area contributed by atoms with Crippen LogP contribution in [0.5, 0.6) is 11.5 Å². The SMILES string of the molecule is Cc1ccccc1-c1cc(O)c2c(c1)CN(C(=O)[C@H](C)n1cnnn1)CCO2. The third kappa shape index (κ3) is 3.28. The number of fused-ring (bicyclic) bond motifs is 1. The number of carbonyl (C=O) groups excluding carboxylic acids is 1. The van der Waals surface area contributed by atoms with Crippen LogP contribution >= 0.6 is 0 Å². The molecular weight excluding hydrogens is 358 g/mol. The summed E-state index contributed by atoms with van der Waals surface area (Å²) >= 11 is 0. The second-order valence-corrected chi connectivity index (χ2v) is 6.87. The zero-order valence-electron chi connectivity index (χ0n) is 15.7. The van der Waals surface area contributed by atoms with Crippen LogP contribution in [-0.4, -0.2) is 49.3 Å². The molecule has 28 heavy (non-hydrogen) atoms. The first-order valence-corrected chi connectivity index (χ1v) is 9.10. The molecule has 4 rings (SSSR count). The van der Waals surface area contributed by atoms with Crippen molar-refractivity contribution in [1.82, 2.24) is 25.1 Å². The molecular formula is C20H21N5O3. The fourth-order valence-electron chi connectivity index (χ4n) is 3.46. The van der Waals surface area contributed by atoms with E-state index in [2.05, 4.69) is 15.5 Å². The standard InChI is InChI=1S/C20H21N5O3/c1-13-5-3-4-6-17(13)15-9-16-11-24(7-8-28-19(16)18(26)10-15)20(27)14(2)25-12-21-22-23-25/h3-6,9-10,12,14,26H,7-8,11H2,1-2H3/t14-/m0/s1. The van der Waals surface area contributed by atoms with Gasteiger partial charge in [-0.05, 0) is 53.1 Å². The van der Waals surface area contributed by atoms with E-state index in [1.807, 2.05) is 37.3 Å². The first-order chi connectivity index (χ1) is 13.5. The van der Waals surface area contributed by atoms with E-state index in [-0.39, 0.29) is 11.7 Å². The number of ether oxygens (including phenoxy) is 1. The minimum absolute atomic E-state index is 0.0820. The van der Waals surface area contributed by atoms with Crippen molar-refractivity contribution >= 4 is 5.91 Å². The summed E-state index contributed by atoms with van der Waals surface area (Å²) in [6, 6.07) is 11.1. The van der Waals surface area contributed by atoms with Gasteiger partial charge in [-0.1, -0.05) is 24.3 Å². The van der Waals surface area contributed by atoms with E-state index in [4.69, 9.17) is 4.74 Å². The van der Waals surface area contributed by atoms with E-state index in [0.29, 0.717) is 25.4 Å². The molecule has 8 nitrogen and oxygen atoms in total. The summed E-state index contributed by atoms with van der Waals surface area (Å²) in [5.41, 5.74) is 3.80. The van der Waals surface area contributed by atoms with Gasteiger partial charge < -0.3 is 14.7 Å². The van der Waals surface area contributed by atoms with Gasteiger partial charge in [-0.2, -0.15) is 0 Å². The second-order valence-electron chi connectivity index (χ2n) is 6.87. The predicted octanol–water partition coefficient (Wildman–Crippen LogP) is 2.34. The average Bonchev–Trinajstić information content (AvgIpc) is 3.14. The molecule has 1 atom stereocenters. The Bertz CT molecular complexity index is 1000. The monoisotopic (exact) mass is 379 g/mol. The van der Waals surface area contributed by atoms with Crippen LogP contribution in [0.1, 0.15) is 24.1 Å². The number of amides is 1.